The van der Waals surface area contributed by atoms with Crippen molar-refractivity contribution in [2.45, 2.75) is 30.8 Å². The number of fused-ring (bicyclic) bond motifs is 1. The normalized spacial score (nSPS) is 11.3. The van der Waals surface area contributed by atoms with Gasteiger partial charge in [-0.05, 0) is 31.5 Å². The molecule has 3 rings (SSSR count). The van der Waals surface area contributed by atoms with Crippen molar-refractivity contribution >= 4 is 22.7 Å². The van der Waals surface area contributed by atoms with Crippen molar-refractivity contribution in [2.75, 3.05) is 7.11 Å². The molecule has 0 saturated carbocycles. The highest BCUT2D eigenvalue weighted by Crippen LogP contribution is 2.28. The van der Waals surface area contributed by atoms with Gasteiger partial charge < -0.3 is 13.7 Å². The van der Waals surface area contributed by atoms with Crippen molar-refractivity contribution in [3.8, 4) is 5.75 Å². The lowest BCUT2D eigenvalue weighted by atomic mass is 10.1. The Balaban J connectivity index is 1.93. The lowest BCUT2D eigenvalue weighted by Crippen LogP contribution is -2.02. The summed E-state index contributed by atoms with van der Waals surface area (Å²) in [5.41, 5.74) is 1.06. The van der Waals surface area contributed by atoms with Crippen LogP contribution in [-0.2, 0) is 5.75 Å². The van der Waals surface area contributed by atoms with Crippen LogP contribution in [0.4, 0.5) is 0 Å². The molecule has 0 atom stereocenters. The summed E-state index contributed by atoms with van der Waals surface area (Å²) in [6, 6.07) is 7.29. The molecular weight excluding hydrogens is 314 g/mol. The van der Waals surface area contributed by atoms with Crippen LogP contribution in [0.25, 0.3) is 11.0 Å². The first-order valence-electron chi connectivity index (χ1n) is 7.21. The van der Waals surface area contributed by atoms with Gasteiger partial charge in [-0.25, -0.2) is 4.79 Å². The molecule has 120 valence electrons. The Morgan fingerprint density at radius 3 is 2.91 bits per heavy atom. The molecule has 3 aromatic rings. The average molecular weight is 331 g/mol. The molecule has 0 aliphatic heterocycles. The lowest BCUT2D eigenvalue weighted by Gasteiger charge is -2.10. The summed E-state index contributed by atoms with van der Waals surface area (Å²) >= 11 is 1.55. The lowest BCUT2D eigenvalue weighted by molar-refractivity contribution is 0.414. The van der Waals surface area contributed by atoms with Gasteiger partial charge in [0.15, 0.2) is 5.16 Å². The SMILES string of the molecule is COc1ccc2c(CSc3nncn3C(C)C)cc(=O)oc2c1. The van der Waals surface area contributed by atoms with Crippen LogP contribution in [-0.4, -0.2) is 21.9 Å². The number of methoxy groups -OCH3 is 1. The third-order valence-electron chi connectivity index (χ3n) is 3.49. The summed E-state index contributed by atoms with van der Waals surface area (Å²) in [6.45, 7) is 4.15. The molecule has 1 aromatic carbocycles. The Kier molecular flexibility index (Phi) is 4.38. The van der Waals surface area contributed by atoms with Gasteiger partial charge in [-0.1, -0.05) is 11.8 Å². The number of nitrogens with zero attached hydrogens (tertiary/aromatic N) is 3. The quantitative estimate of drug-likeness (QED) is 0.528. The fourth-order valence-electron chi connectivity index (χ4n) is 2.29. The van der Waals surface area contributed by atoms with Crippen LogP contribution in [0.2, 0.25) is 0 Å². The molecule has 0 aliphatic rings. The standard InChI is InChI=1S/C16H17N3O3S/c1-10(2)19-9-17-18-16(19)23-8-11-6-15(20)22-14-7-12(21-3)4-5-13(11)14/h4-7,9-10H,8H2,1-3H3. The molecule has 7 heteroatoms. The third-order valence-corrected chi connectivity index (χ3v) is 4.50. The number of aromatic nitrogens is 3. The predicted molar refractivity (Wildman–Crippen MR) is 89.0 cm³/mol. The molecule has 23 heavy (non-hydrogen) atoms. The second kappa shape index (κ2) is 6.45. The largest absolute Gasteiger partial charge is 0.497 e. The number of rotatable bonds is 5. The van der Waals surface area contributed by atoms with E-state index in [0.29, 0.717) is 17.1 Å². The molecular formula is C16H17N3O3S. The molecule has 0 N–H and O–H groups in total. The molecule has 0 bridgehead atoms. The first-order chi connectivity index (χ1) is 11.1. The molecule has 6 nitrogen and oxygen atoms in total. The monoisotopic (exact) mass is 331 g/mol. The van der Waals surface area contributed by atoms with E-state index < -0.39 is 0 Å². The van der Waals surface area contributed by atoms with Gasteiger partial charge >= 0.3 is 5.63 Å². The van der Waals surface area contributed by atoms with Crippen molar-refractivity contribution in [2.24, 2.45) is 0 Å². The van der Waals surface area contributed by atoms with Gasteiger partial charge in [-0.15, -0.1) is 10.2 Å². The van der Waals surface area contributed by atoms with Gasteiger partial charge in [0, 0.05) is 29.3 Å². The van der Waals surface area contributed by atoms with Crippen molar-refractivity contribution in [3.05, 3.63) is 46.6 Å². The molecule has 0 saturated heterocycles. The van der Waals surface area contributed by atoms with Gasteiger partial charge in [-0.2, -0.15) is 0 Å². The van der Waals surface area contributed by atoms with Crippen LogP contribution in [0.15, 0.2) is 45.0 Å². The van der Waals surface area contributed by atoms with E-state index in [1.807, 2.05) is 16.7 Å². The van der Waals surface area contributed by atoms with Crippen molar-refractivity contribution in [1.82, 2.24) is 14.8 Å². The molecule has 0 unspecified atom stereocenters. The molecule has 2 heterocycles. The average Bonchev–Trinajstić information content (AvgIpc) is 3.00. The number of hydrogen-bond donors (Lipinski definition) is 0. The van der Waals surface area contributed by atoms with Gasteiger partial charge in [-0.3, -0.25) is 0 Å². The van der Waals surface area contributed by atoms with Crippen LogP contribution in [0.1, 0.15) is 25.5 Å². The van der Waals surface area contributed by atoms with E-state index in [2.05, 4.69) is 24.0 Å². The molecule has 0 amide bonds. The number of thioether (sulfide) groups is 1. The highest BCUT2D eigenvalue weighted by atomic mass is 32.2. The molecule has 0 radical (unpaired) electrons. The molecule has 0 fully saturated rings. The van der Waals surface area contributed by atoms with Crippen LogP contribution in [0.5, 0.6) is 5.75 Å². The van der Waals surface area contributed by atoms with E-state index in [4.69, 9.17) is 9.15 Å². The van der Waals surface area contributed by atoms with E-state index in [0.717, 1.165) is 16.1 Å². The third kappa shape index (κ3) is 3.24. The number of benzene rings is 1. The van der Waals surface area contributed by atoms with Crippen molar-refractivity contribution in [1.29, 1.82) is 0 Å². The van der Waals surface area contributed by atoms with E-state index in [1.54, 1.807) is 31.3 Å². The minimum absolute atomic E-state index is 0.286. The smallest absolute Gasteiger partial charge is 0.336 e. The highest BCUT2D eigenvalue weighted by molar-refractivity contribution is 7.98. The van der Waals surface area contributed by atoms with E-state index >= 15 is 0 Å². The zero-order valence-corrected chi connectivity index (χ0v) is 14.0. The first kappa shape index (κ1) is 15.6. The molecule has 0 aliphatic carbocycles. The maximum absolute atomic E-state index is 11.8. The zero-order valence-electron chi connectivity index (χ0n) is 13.1. The minimum atomic E-state index is -0.369. The van der Waals surface area contributed by atoms with Gasteiger partial charge in [0.2, 0.25) is 0 Å². The van der Waals surface area contributed by atoms with Crippen LogP contribution in [0.3, 0.4) is 0 Å². The maximum Gasteiger partial charge on any atom is 0.336 e. The fraction of sp³-hybridized carbons (Fsp3) is 0.312. The summed E-state index contributed by atoms with van der Waals surface area (Å²) in [5.74, 6) is 1.27. The van der Waals surface area contributed by atoms with Crippen LogP contribution < -0.4 is 10.4 Å². The maximum atomic E-state index is 11.8. The van der Waals surface area contributed by atoms with Crippen LogP contribution >= 0.6 is 11.8 Å². The summed E-state index contributed by atoms with van der Waals surface area (Å²) in [7, 11) is 1.58. The second-order valence-corrected chi connectivity index (χ2v) is 6.30. The van der Waals surface area contributed by atoms with E-state index in [1.165, 1.54) is 6.07 Å². The Morgan fingerprint density at radius 1 is 1.35 bits per heavy atom. The fourth-order valence-corrected chi connectivity index (χ4v) is 3.32. The second-order valence-electron chi connectivity index (χ2n) is 5.36. The minimum Gasteiger partial charge on any atom is -0.497 e. The Labute approximate surface area is 137 Å². The summed E-state index contributed by atoms with van der Waals surface area (Å²) in [5, 5.41) is 9.82. The Bertz CT molecular complexity index is 886. The summed E-state index contributed by atoms with van der Waals surface area (Å²) in [6.07, 6.45) is 1.72. The number of ether oxygens (including phenoxy) is 1. The van der Waals surface area contributed by atoms with Gasteiger partial charge in [0.1, 0.15) is 17.7 Å². The zero-order chi connectivity index (χ0) is 16.4. The summed E-state index contributed by atoms with van der Waals surface area (Å²) in [4.78, 5) is 11.8. The molecule has 0 spiro atoms. The topological polar surface area (TPSA) is 70.2 Å². The molecule has 2 aromatic heterocycles. The van der Waals surface area contributed by atoms with Gasteiger partial charge in [0.05, 0.1) is 7.11 Å². The van der Waals surface area contributed by atoms with E-state index in [-0.39, 0.29) is 11.7 Å². The van der Waals surface area contributed by atoms with Gasteiger partial charge in [0.25, 0.3) is 0 Å². The number of hydrogen-bond acceptors (Lipinski definition) is 6. The Morgan fingerprint density at radius 2 is 2.17 bits per heavy atom. The van der Waals surface area contributed by atoms with Crippen molar-refractivity contribution in [3.63, 3.8) is 0 Å². The van der Waals surface area contributed by atoms with Crippen LogP contribution in [0, 0.1) is 0 Å². The van der Waals surface area contributed by atoms with Crippen molar-refractivity contribution < 1.29 is 9.15 Å². The Hall–Kier alpha value is -2.28. The van der Waals surface area contributed by atoms with E-state index in [9.17, 15) is 4.79 Å². The first-order valence-corrected chi connectivity index (χ1v) is 8.20. The highest BCUT2D eigenvalue weighted by Gasteiger charge is 2.11. The predicted octanol–water partition coefficient (Wildman–Crippen LogP) is 3.27. The summed E-state index contributed by atoms with van der Waals surface area (Å²) < 4.78 is 12.4.